The SMILES string of the molecule is O=C(O)C(F)(F)F.O=C(O)C(F)(F)F.c1c2c(nn1CC1CCOCC1)C(CNCC1CCOCC1)OCC2. The number of hydrogen-bond acceptors (Lipinski definition) is 7. The third-order valence-corrected chi connectivity index (χ3v) is 6.24. The molecule has 0 amide bonds. The highest BCUT2D eigenvalue weighted by molar-refractivity contribution is 5.73. The molecule has 0 aliphatic carbocycles. The molecule has 1 aromatic heterocycles. The first-order valence-corrected chi connectivity index (χ1v) is 12.4. The number of aromatic nitrogens is 2. The number of nitrogens with one attached hydrogen (secondary N) is 1. The Morgan fingerprint density at radius 3 is 1.85 bits per heavy atom. The molecule has 3 aliphatic heterocycles. The van der Waals surface area contributed by atoms with Crippen LogP contribution in [0, 0.1) is 11.8 Å². The van der Waals surface area contributed by atoms with E-state index in [4.69, 9.17) is 39.1 Å². The molecule has 0 spiro atoms. The number of fused-ring (bicyclic) bond motifs is 1. The average Bonchev–Trinajstić information content (AvgIpc) is 3.28. The molecule has 4 rings (SSSR count). The maximum atomic E-state index is 10.6. The van der Waals surface area contributed by atoms with Gasteiger partial charge in [-0.15, -0.1) is 0 Å². The van der Waals surface area contributed by atoms with Crippen LogP contribution >= 0.6 is 0 Å². The van der Waals surface area contributed by atoms with E-state index in [1.165, 1.54) is 18.4 Å². The van der Waals surface area contributed by atoms with Gasteiger partial charge in [-0.3, -0.25) is 4.68 Å². The van der Waals surface area contributed by atoms with Gasteiger partial charge >= 0.3 is 24.3 Å². The van der Waals surface area contributed by atoms with Crippen molar-refractivity contribution < 1.29 is 60.4 Å². The van der Waals surface area contributed by atoms with E-state index in [-0.39, 0.29) is 6.10 Å². The Kier molecular flexibility index (Phi) is 12.9. The molecule has 1 aromatic rings. The molecule has 3 aliphatic rings. The Hall–Kier alpha value is -2.43. The summed E-state index contributed by atoms with van der Waals surface area (Å²) >= 11 is 0. The van der Waals surface area contributed by atoms with Crippen molar-refractivity contribution in [2.75, 3.05) is 46.1 Å². The number of halogens is 6. The van der Waals surface area contributed by atoms with E-state index >= 15 is 0 Å². The summed E-state index contributed by atoms with van der Waals surface area (Å²) in [7, 11) is 0. The van der Waals surface area contributed by atoms with Crippen LogP contribution in [-0.2, 0) is 36.8 Å². The molecule has 224 valence electrons. The van der Waals surface area contributed by atoms with Crippen molar-refractivity contribution >= 4 is 11.9 Å². The van der Waals surface area contributed by atoms with Crippen LogP contribution in [-0.4, -0.2) is 90.4 Å². The highest BCUT2D eigenvalue weighted by atomic mass is 19.4. The van der Waals surface area contributed by atoms with Crippen molar-refractivity contribution in [3.63, 3.8) is 0 Å². The minimum absolute atomic E-state index is 0.0968. The summed E-state index contributed by atoms with van der Waals surface area (Å²) in [5.74, 6) is -4.08. The summed E-state index contributed by atoms with van der Waals surface area (Å²) in [6.07, 6.45) is -2.20. The Morgan fingerprint density at radius 2 is 1.36 bits per heavy atom. The number of hydrogen-bond donors (Lipinski definition) is 3. The molecule has 16 heteroatoms. The monoisotopic (exact) mass is 577 g/mol. The molecule has 0 aromatic carbocycles. The maximum Gasteiger partial charge on any atom is 0.490 e. The predicted octanol–water partition coefficient (Wildman–Crippen LogP) is 3.21. The van der Waals surface area contributed by atoms with Crippen molar-refractivity contribution in [2.45, 2.75) is 57.1 Å². The zero-order valence-electron chi connectivity index (χ0n) is 21.1. The zero-order chi connectivity index (χ0) is 29.1. The van der Waals surface area contributed by atoms with Crippen LogP contribution in [0.4, 0.5) is 26.3 Å². The Bertz CT molecular complexity index is 874. The Morgan fingerprint density at radius 1 is 0.872 bits per heavy atom. The summed E-state index contributed by atoms with van der Waals surface area (Å²) < 4.78 is 82.5. The molecular weight excluding hydrogens is 544 g/mol. The molecule has 4 heterocycles. The van der Waals surface area contributed by atoms with Gasteiger partial charge in [-0.25, -0.2) is 9.59 Å². The topological polar surface area (TPSA) is 132 Å². The van der Waals surface area contributed by atoms with Gasteiger partial charge in [0.1, 0.15) is 6.10 Å². The highest BCUT2D eigenvalue weighted by Gasteiger charge is 2.39. The van der Waals surface area contributed by atoms with Gasteiger partial charge in [0.25, 0.3) is 0 Å². The summed E-state index contributed by atoms with van der Waals surface area (Å²) in [6, 6.07) is 0. The summed E-state index contributed by atoms with van der Waals surface area (Å²) in [4.78, 5) is 17.8. The van der Waals surface area contributed by atoms with Gasteiger partial charge in [0.15, 0.2) is 0 Å². The molecule has 1 atom stereocenters. The van der Waals surface area contributed by atoms with E-state index in [9.17, 15) is 26.3 Å². The number of carboxylic acids is 2. The molecule has 39 heavy (non-hydrogen) atoms. The van der Waals surface area contributed by atoms with E-state index in [1.807, 2.05) is 0 Å². The van der Waals surface area contributed by atoms with Gasteiger partial charge in [0.05, 0.1) is 12.3 Å². The molecule has 0 radical (unpaired) electrons. The summed E-state index contributed by atoms with van der Waals surface area (Å²) in [5, 5.41) is 22.7. The van der Waals surface area contributed by atoms with Crippen molar-refractivity contribution in [3.05, 3.63) is 17.5 Å². The van der Waals surface area contributed by atoms with Crippen LogP contribution in [0.15, 0.2) is 6.20 Å². The minimum Gasteiger partial charge on any atom is -0.475 e. The smallest absolute Gasteiger partial charge is 0.475 e. The molecule has 10 nitrogen and oxygen atoms in total. The van der Waals surface area contributed by atoms with Crippen molar-refractivity contribution in [2.24, 2.45) is 11.8 Å². The molecule has 2 saturated heterocycles. The van der Waals surface area contributed by atoms with E-state index in [0.29, 0.717) is 5.92 Å². The summed E-state index contributed by atoms with van der Waals surface area (Å²) in [5.41, 5.74) is 2.52. The maximum absolute atomic E-state index is 10.6. The van der Waals surface area contributed by atoms with Gasteiger partial charge in [0.2, 0.25) is 0 Å². The number of aliphatic carboxylic acids is 2. The van der Waals surface area contributed by atoms with Crippen LogP contribution < -0.4 is 5.32 Å². The normalized spacial score (nSPS) is 20.6. The average molecular weight is 578 g/mol. The van der Waals surface area contributed by atoms with E-state index in [2.05, 4.69) is 16.2 Å². The number of carbonyl (C=O) groups is 2. The molecule has 1 unspecified atom stereocenters. The fourth-order valence-corrected chi connectivity index (χ4v) is 4.14. The van der Waals surface area contributed by atoms with E-state index in [0.717, 1.165) is 83.5 Å². The van der Waals surface area contributed by atoms with Crippen molar-refractivity contribution in [1.29, 1.82) is 0 Å². The lowest BCUT2D eigenvalue weighted by atomic mass is 10.00. The molecular formula is C23H33F6N3O7. The standard InChI is InChI=1S/C19H31N3O3.2C2HF3O2/c1-6-23-7-2-15(1)11-20-12-18-19-17(5-10-25-18)14-22(21-19)13-16-3-8-24-9-4-16;2*3-2(4,5)1(6)7/h14-16,18,20H,1-13H2;2*(H,6,7). The number of alkyl halides is 6. The van der Waals surface area contributed by atoms with Crippen LogP contribution in [0.2, 0.25) is 0 Å². The first-order valence-electron chi connectivity index (χ1n) is 12.4. The minimum atomic E-state index is -5.08. The van der Waals surface area contributed by atoms with Gasteiger partial charge < -0.3 is 29.7 Å². The largest absolute Gasteiger partial charge is 0.490 e. The lowest BCUT2D eigenvalue weighted by Gasteiger charge is -2.25. The van der Waals surface area contributed by atoms with Crippen LogP contribution in [0.3, 0.4) is 0 Å². The first-order chi connectivity index (χ1) is 18.3. The lowest BCUT2D eigenvalue weighted by molar-refractivity contribution is -0.193. The second kappa shape index (κ2) is 15.4. The second-order valence-corrected chi connectivity index (χ2v) is 9.25. The van der Waals surface area contributed by atoms with Gasteiger partial charge in [-0.05, 0) is 56.0 Å². The molecule has 0 bridgehead atoms. The molecule has 2 fully saturated rings. The summed E-state index contributed by atoms with van der Waals surface area (Å²) in [6.45, 7) is 7.35. The van der Waals surface area contributed by atoms with Crippen molar-refractivity contribution in [3.8, 4) is 0 Å². The Balaban J connectivity index is 0.000000317. The lowest BCUT2D eigenvalue weighted by Crippen LogP contribution is -2.33. The number of ether oxygens (including phenoxy) is 3. The highest BCUT2D eigenvalue weighted by Crippen LogP contribution is 2.27. The first kappa shape index (κ1) is 32.8. The van der Waals surface area contributed by atoms with Gasteiger partial charge in [0, 0.05) is 45.7 Å². The fourth-order valence-electron chi connectivity index (χ4n) is 4.14. The Labute approximate surface area is 220 Å². The number of rotatable bonds is 6. The number of carboxylic acid groups (broad SMARTS) is 2. The third kappa shape index (κ3) is 12.1. The van der Waals surface area contributed by atoms with Crippen LogP contribution in [0.1, 0.15) is 43.0 Å². The molecule has 3 N–H and O–H groups in total. The number of nitrogens with zero attached hydrogens (tertiary/aromatic N) is 2. The van der Waals surface area contributed by atoms with E-state index < -0.39 is 24.3 Å². The van der Waals surface area contributed by atoms with E-state index in [1.54, 1.807) is 0 Å². The second-order valence-electron chi connectivity index (χ2n) is 9.25. The van der Waals surface area contributed by atoms with Gasteiger partial charge in [-0.2, -0.15) is 31.4 Å². The van der Waals surface area contributed by atoms with Gasteiger partial charge in [-0.1, -0.05) is 0 Å². The quantitative estimate of drug-likeness (QED) is 0.436. The fraction of sp³-hybridized carbons (Fsp3) is 0.783. The zero-order valence-corrected chi connectivity index (χ0v) is 21.1. The van der Waals surface area contributed by atoms with Crippen molar-refractivity contribution in [1.82, 2.24) is 15.1 Å². The predicted molar refractivity (Wildman–Crippen MR) is 122 cm³/mol. The van der Waals surface area contributed by atoms with Crippen LogP contribution in [0.5, 0.6) is 0 Å². The third-order valence-electron chi connectivity index (χ3n) is 6.24. The molecule has 0 saturated carbocycles. The van der Waals surface area contributed by atoms with Crippen LogP contribution in [0.25, 0.3) is 0 Å².